The van der Waals surface area contributed by atoms with E-state index in [0.717, 1.165) is 25.9 Å². The molecule has 1 saturated heterocycles. The van der Waals surface area contributed by atoms with E-state index in [-0.39, 0.29) is 17.7 Å². The summed E-state index contributed by atoms with van der Waals surface area (Å²) in [7, 11) is 0. The van der Waals surface area contributed by atoms with Crippen LogP contribution in [0.2, 0.25) is 0 Å². The zero-order valence-corrected chi connectivity index (χ0v) is 12.6. The van der Waals surface area contributed by atoms with Crippen LogP contribution in [0, 0.1) is 17.0 Å². The number of amides is 1. The fourth-order valence-electron chi connectivity index (χ4n) is 2.57. The number of nitrogens with one attached hydrogen (secondary N) is 1. The number of nitrogens with zero attached hydrogens (tertiary/aromatic N) is 2. The van der Waals surface area contributed by atoms with Crippen LogP contribution in [0.1, 0.15) is 24.8 Å². The van der Waals surface area contributed by atoms with E-state index < -0.39 is 4.92 Å². The minimum absolute atomic E-state index is 0.00261. The largest absolute Gasteiger partial charge is 0.393 e. The number of nitro benzene ring substituents is 1. The third kappa shape index (κ3) is 4.25. The van der Waals surface area contributed by atoms with Gasteiger partial charge in [-0.15, -0.1) is 0 Å². The second-order valence-corrected chi connectivity index (χ2v) is 5.58. The van der Waals surface area contributed by atoms with Gasteiger partial charge in [0.2, 0.25) is 5.91 Å². The third-order valence-electron chi connectivity index (χ3n) is 3.99. The summed E-state index contributed by atoms with van der Waals surface area (Å²) in [5, 5.41) is 23.1. The van der Waals surface area contributed by atoms with E-state index in [1.165, 1.54) is 6.07 Å². The Morgan fingerprint density at radius 3 is 2.77 bits per heavy atom. The first kappa shape index (κ1) is 16.4. The molecule has 1 aromatic carbocycles. The number of carbonyl (C=O) groups excluding carboxylic acids is 1. The van der Waals surface area contributed by atoms with Crippen LogP contribution in [0.15, 0.2) is 18.2 Å². The zero-order valence-electron chi connectivity index (χ0n) is 12.6. The molecule has 2 rings (SSSR count). The first-order valence-electron chi connectivity index (χ1n) is 7.41. The second kappa shape index (κ2) is 7.33. The van der Waals surface area contributed by atoms with Gasteiger partial charge in [-0.2, -0.15) is 0 Å². The van der Waals surface area contributed by atoms with Crippen LogP contribution >= 0.6 is 0 Å². The van der Waals surface area contributed by atoms with E-state index in [1.54, 1.807) is 19.1 Å². The Labute approximate surface area is 129 Å². The molecule has 0 bridgehead atoms. The lowest BCUT2D eigenvalue weighted by Gasteiger charge is -2.29. The molecule has 0 spiro atoms. The molecule has 1 aliphatic rings. The Balaban J connectivity index is 1.87. The number of hydrogen-bond acceptors (Lipinski definition) is 5. The van der Waals surface area contributed by atoms with Crippen LogP contribution in [-0.2, 0) is 4.79 Å². The van der Waals surface area contributed by atoms with E-state index >= 15 is 0 Å². The van der Waals surface area contributed by atoms with Gasteiger partial charge in [-0.3, -0.25) is 14.9 Å². The molecule has 0 aliphatic carbocycles. The number of anilines is 1. The van der Waals surface area contributed by atoms with Gasteiger partial charge < -0.3 is 15.3 Å². The van der Waals surface area contributed by atoms with Gasteiger partial charge in [0.05, 0.1) is 22.3 Å². The van der Waals surface area contributed by atoms with Gasteiger partial charge in [0, 0.05) is 32.1 Å². The number of piperidine rings is 1. The topological polar surface area (TPSA) is 95.7 Å². The van der Waals surface area contributed by atoms with Crippen LogP contribution in [0.25, 0.3) is 0 Å². The molecule has 7 heteroatoms. The molecule has 1 aliphatic heterocycles. The standard InChI is InChI=1S/C15H21N3O4/c1-11-13(3-2-4-14(11)18(21)22)16-15(20)7-10-17-8-5-12(19)6-9-17/h2-4,12,19H,5-10H2,1H3,(H,16,20). The molecule has 22 heavy (non-hydrogen) atoms. The van der Waals surface area contributed by atoms with Crippen molar-refractivity contribution in [1.29, 1.82) is 0 Å². The van der Waals surface area contributed by atoms with Gasteiger partial charge in [-0.05, 0) is 25.8 Å². The monoisotopic (exact) mass is 307 g/mol. The number of benzene rings is 1. The third-order valence-corrected chi connectivity index (χ3v) is 3.99. The van der Waals surface area contributed by atoms with Crippen LogP contribution in [0.3, 0.4) is 0 Å². The number of likely N-dealkylation sites (tertiary alicyclic amines) is 1. The van der Waals surface area contributed by atoms with E-state index in [2.05, 4.69) is 10.2 Å². The van der Waals surface area contributed by atoms with Gasteiger partial charge in [0.25, 0.3) is 5.69 Å². The number of rotatable bonds is 5. The fraction of sp³-hybridized carbons (Fsp3) is 0.533. The maximum absolute atomic E-state index is 12.0. The average molecular weight is 307 g/mol. The normalized spacial score (nSPS) is 16.5. The summed E-state index contributed by atoms with van der Waals surface area (Å²) in [5.74, 6) is -0.158. The Bertz CT molecular complexity index is 554. The Kier molecular flexibility index (Phi) is 5.46. The quantitative estimate of drug-likeness (QED) is 0.637. The molecular weight excluding hydrogens is 286 g/mol. The highest BCUT2D eigenvalue weighted by Gasteiger charge is 2.18. The predicted molar refractivity (Wildman–Crippen MR) is 82.8 cm³/mol. The van der Waals surface area contributed by atoms with Crippen molar-refractivity contribution in [3.8, 4) is 0 Å². The Hall–Kier alpha value is -1.99. The first-order valence-corrected chi connectivity index (χ1v) is 7.41. The lowest BCUT2D eigenvalue weighted by Crippen LogP contribution is -2.37. The van der Waals surface area contributed by atoms with E-state index in [9.17, 15) is 20.0 Å². The summed E-state index contributed by atoms with van der Waals surface area (Å²) < 4.78 is 0. The first-order chi connectivity index (χ1) is 10.5. The SMILES string of the molecule is Cc1c(NC(=O)CCN2CCC(O)CC2)cccc1[N+](=O)[O-]. The van der Waals surface area contributed by atoms with E-state index in [0.29, 0.717) is 24.2 Å². The smallest absolute Gasteiger partial charge is 0.274 e. The average Bonchev–Trinajstić information content (AvgIpc) is 2.48. The lowest BCUT2D eigenvalue weighted by atomic mass is 10.1. The van der Waals surface area contributed by atoms with Crippen molar-refractivity contribution in [2.24, 2.45) is 0 Å². The van der Waals surface area contributed by atoms with E-state index in [1.807, 2.05) is 0 Å². The Morgan fingerprint density at radius 2 is 2.14 bits per heavy atom. The number of carbonyl (C=O) groups is 1. The highest BCUT2D eigenvalue weighted by Crippen LogP contribution is 2.25. The van der Waals surface area contributed by atoms with Crippen LogP contribution in [0.4, 0.5) is 11.4 Å². The zero-order chi connectivity index (χ0) is 16.1. The molecule has 0 atom stereocenters. The highest BCUT2D eigenvalue weighted by atomic mass is 16.6. The number of aliphatic hydroxyl groups excluding tert-OH is 1. The van der Waals surface area contributed by atoms with Crippen molar-refractivity contribution >= 4 is 17.3 Å². The summed E-state index contributed by atoms with van der Waals surface area (Å²) in [5.41, 5.74) is 0.943. The molecule has 1 aromatic rings. The van der Waals surface area contributed by atoms with Gasteiger partial charge >= 0.3 is 0 Å². The second-order valence-electron chi connectivity index (χ2n) is 5.58. The molecule has 1 heterocycles. The number of nitro groups is 1. The molecule has 1 amide bonds. The highest BCUT2D eigenvalue weighted by molar-refractivity contribution is 5.92. The molecule has 0 unspecified atom stereocenters. The predicted octanol–water partition coefficient (Wildman–Crippen LogP) is 1.69. The summed E-state index contributed by atoms with van der Waals surface area (Å²) in [6.07, 6.45) is 1.59. The lowest BCUT2D eigenvalue weighted by molar-refractivity contribution is -0.385. The molecule has 1 fully saturated rings. The Morgan fingerprint density at radius 1 is 1.45 bits per heavy atom. The van der Waals surface area contributed by atoms with Crippen molar-refractivity contribution in [2.45, 2.75) is 32.3 Å². The number of aliphatic hydroxyl groups is 1. The summed E-state index contributed by atoms with van der Waals surface area (Å²) >= 11 is 0. The minimum Gasteiger partial charge on any atom is -0.393 e. The summed E-state index contributed by atoms with van der Waals surface area (Å²) in [4.78, 5) is 24.6. The summed E-state index contributed by atoms with van der Waals surface area (Å²) in [6.45, 7) is 3.85. The molecule has 2 N–H and O–H groups in total. The van der Waals surface area contributed by atoms with Crippen LogP contribution in [-0.4, -0.2) is 46.6 Å². The van der Waals surface area contributed by atoms with Crippen LogP contribution < -0.4 is 5.32 Å². The maximum Gasteiger partial charge on any atom is 0.274 e. The number of hydrogen-bond donors (Lipinski definition) is 2. The van der Waals surface area contributed by atoms with Gasteiger partial charge in [-0.25, -0.2) is 0 Å². The van der Waals surface area contributed by atoms with Gasteiger partial charge in [0.1, 0.15) is 0 Å². The minimum atomic E-state index is -0.454. The van der Waals surface area contributed by atoms with Crippen molar-refractivity contribution in [1.82, 2.24) is 4.90 Å². The maximum atomic E-state index is 12.0. The summed E-state index contributed by atoms with van der Waals surface area (Å²) in [6, 6.07) is 4.65. The molecule has 7 nitrogen and oxygen atoms in total. The molecular formula is C15H21N3O4. The van der Waals surface area contributed by atoms with E-state index in [4.69, 9.17) is 0 Å². The van der Waals surface area contributed by atoms with Crippen LogP contribution in [0.5, 0.6) is 0 Å². The fourth-order valence-corrected chi connectivity index (χ4v) is 2.57. The molecule has 0 radical (unpaired) electrons. The molecule has 0 aromatic heterocycles. The van der Waals surface area contributed by atoms with Gasteiger partial charge in [-0.1, -0.05) is 6.07 Å². The van der Waals surface area contributed by atoms with Gasteiger partial charge in [0.15, 0.2) is 0 Å². The van der Waals surface area contributed by atoms with Crippen molar-refractivity contribution in [3.63, 3.8) is 0 Å². The molecule has 0 saturated carbocycles. The molecule has 120 valence electrons. The van der Waals surface area contributed by atoms with Crippen molar-refractivity contribution < 1.29 is 14.8 Å². The van der Waals surface area contributed by atoms with Crippen molar-refractivity contribution in [3.05, 3.63) is 33.9 Å². The van der Waals surface area contributed by atoms with Crippen molar-refractivity contribution in [2.75, 3.05) is 25.0 Å².